The Morgan fingerprint density at radius 3 is 2.35 bits per heavy atom. The zero-order valence-electron chi connectivity index (χ0n) is 9.93. The third kappa shape index (κ3) is 4.44. The molecule has 0 unspecified atom stereocenters. The summed E-state index contributed by atoms with van der Waals surface area (Å²) in [6, 6.07) is 4.47. The fourth-order valence-electron chi connectivity index (χ4n) is 1.68. The van der Waals surface area contributed by atoms with E-state index in [2.05, 4.69) is 0 Å². The smallest absolute Gasteiger partial charge is 0.160 e. The highest BCUT2D eigenvalue weighted by Gasteiger charge is 2.09. The van der Waals surface area contributed by atoms with Crippen molar-refractivity contribution in [3.05, 3.63) is 23.8 Å². The Morgan fingerprint density at radius 1 is 1.35 bits per heavy atom. The number of carbonyl (C=O) groups is 1. The van der Waals surface area contributed by atoms with Crippen LogP contribution in [0, 0.1) is 0 Å². The molecule has 1 aromatic rings. The van der Waals surface area contributed by atoms with E-state index in [9.17, 15) is 4.79 Å². The van der Waals surface area contributed by atoms with Crippen LogP contribution < -0.4 is 4.74 Å². The summed E-state index contributed by atoms with van der Waals surface area (Å²) in [5.74, 6) is 0.354. The highest BCUT2D eigenvalue weighted by Crippen LogP contribution is 2.25. The van der Waals surface area contributed by atoms with Gasteiger partial charge in [-0.15, -0.1) is 0 Å². The van der Waals surface area contributed by atoms with Crippen molar-refractivity contribution in [2.24, 2.45) is 0 Å². The van der Waals surface area contributed by atoms with Crippen LogP contribution in [0.2, 0.25) is 0 Å². The Balaban J connectivity index is 0.000000202. The van der Waals surface area contributed by atoms with Gasteiger partial charge in [0.05, 0.1) is 13.2 Å². The van der Waals surface area contributed by atoms with Gasteiger partial charge in [0.1, 0.15) is 6.29 Å². The molecule has 1 aliphatic carbocycles. The van der Waals surface area contributed by atoms with E-state index < -0.39 is 0 Å². The maximum absolute atomic E-state index is 10.2. The van der Waals surface area contributed by atoms with Gasteiger partial charge >= 0.3 is 0 Å². The topological polar surface area (TPSA) is 66.8 Å². The summed E-state index contributed by atoms with van der Waals surface area (Å²) in [5, 5.41) is 17.9. The van der Waals surface area contributed by atoms with Crippen molar-refractivity contribution >= 4 is 6.29 Å². The van der Waals surface area contributed by atoms with Crippen molar-refractivity contribution in [1.29, 1.82) is 0 Å². The first kappa shape index (κ1) is 13.5. The quantitative estimate of drug-likeness (QED) is 0.775. The van der Waals surface area contributed by atoms with Crippen molar-refractivity contribution in [3.8, 4) is 11.5 Å². The van der Waals surface area contributed by atoms with E-state index in [0.29, 0.717) is 17.6 Å². The Hall–Kier alpha value is -1.55. The van der Waals surface area contributed by atoms with E-state index >= 15 is 0 Å². The predicted molar refractivity (Wildman–Crippen MR) is 64.5 cm³/mol. The molecule has 0 spiro atoms. The van der Waals surface area contributed by atoms with Crippen LogP contribution in [0.1, 0.15) is 36.0 Å². The van der Waals surface area contributed by atoms with Crippen molar-refractivity contribution < 1.29 is 19.7 Å². The number of ether oxygens (including phenoxy) is 1. The van der Waals surface area contributed by atoms with E-state index in [0.717, 1.165) is 12.8 Å². The lowest BCUT2D eigenvalue weighted by Gasteiger charge is -2.01. The first-order valence-corrected chi connectivity index (χ1v) is 5.67. The van der Waals surface area contributed by atoms with Crippen molar-refractivity contribution in [2.75, 3.05) is 7.11 Å². The van der Waals surface area contributed by atoms with Gasteiger partial charge in [0.25, 0.3) is 0 Å². The van der Waals surface area contributed by atoms with E-state index in [4.69, 9.17) is 14.9 Å². The molecule has 4 nitrogen and oxygen atoms in total. The number of phenols is 1. The number of carbonyl (C=O) groups excluding carboxylic acids is 1. The van der Waals surface area contributed by atoms with Crippen LogP contribution in [0.3, 0.4) is 0 Å². The Labute approximate surface area is 101 Å². The molecule has 0 aliphatic heterocycles. The zero-order chi connectivity index (χ0) is 12.7. The molecule has 1 aromatic carbocycles. The monoisotopic (exact) mass is 238 g/mol. The molecule has 94 valence electrons. The molecule has 0 radical (unpaired) electrons. The van der Waals surface area contributed by atoms with Crippen LogP contribution >= 0.6 is 0 Å². The maximum atomic E-state index is 10.2. The maximum Gasteiger partial charge on any atom is 0.160 e. The second kappa shape index (κ2) is 6.91. The van der Waals surface area contributed by atoms with Gasteiger partial charge in [-0.05, 0) is 31.0 Å². The van der Waals surface area contributed by atoms with Crippen molar-refractivity contribution in [2.45, 2.75) is 31.8 Å². The number of aliphatic hydroxyl groups excluding tert-OH is 1. The molecule has 1 saturated carbocycles. The molecule has 0 heterocycles. The molecular formula is C13H18O4. The predicted octanol–water partition coefficient (Wildman–Crippen LogP) is 2.13. The molecule has 0 amide bonds. The minimum Gasteiger partial charge on any atom is -0.504 e. The largest absolute Gasteiger partial charge is 0.504 e. The fraction of sp³-hybridized carbons (Fsp3) is 0.462. The van der Waals surface area contributed by atoms with Gasteiger partial charge in [0, 0.05) is 5.56 Å². The van der Waals surface area contributed by atoms with E-state index in [-0.39, 0.29) is 11.9 Å². The molecule has 0 atom stereocenters. The molecule has 0 aromatic heterocycles. The number of phenolic OH excluding ortho intramolecular Hbond substituents is 1. The van der Waals surface area contributed by atoms with Gasteiger partial charge in [-0.25, -0.2) is 0 Å². The van der Waals surface area contributed by atoms with Crippen LogP contribution in [-0.2, 0) is 0 Å². The van der Waals surface area contributed by atoms with Crippen molar-refractivity contribution in [3.63, 3.8) is 0 Å². The summed E-state index contributed by atoms with van der Waals surface area (Å²) in [7, 11) is 1.45. The Morgan fingerprint density at radius 2 is 2.00 bits per heavy atom. The third-order valence-electron chi connectivity index (χ3n) is 2.66. The summed E-state index contributed by atoms with van der Waals surface area (Å²) in [6.07, 6.45) is 5.27. The SMILES string of the molecule is COc1ccc(C=O)cc1O.OC1CCCC1. The fourth-order valence-corrected chi connectivity index (χ4v) is 1.68. The first-order valence-electron chi connectivity index (χ1n) is 5.67. The lowest BCUT2D eigenvalue weighted by Crippen LogP contribution is -1.94. The molecule has 1 aliphatic rings. The summed E-state index contributed by atoms with van der Waals surface area (Å²) in [4.78, 5) is 10.2. The summed E-state index contributed by atoms with van der Waals surface area (Å²) in [6.45, 7) is 0. The molecule has 1 fully saturated rings. The average molecular weight is 238 g/mol. The van der Waals surface area contributed by atoms with Gasteiger partial charge in [0.15, 0.2) is 11.5 Å². The van der Waals surface area contributed by atoms with Crippen LogP contribution in [0.15, 0.2) is 18.2 Å². The number of aldehydes is 1. The molecule has 0 saturated heterocycles. The van der Waals surface area contributed by atoms with Gasteiger partial charge in [-0.1, -0.05) is 12.8 Å². The molecule has 2 rings (SSSR count). The number of methoxy groups -OCH3 is 1. The standard InChI is InChI=1S/C8H8O3.C5H10O/c1-11-8-3-2-6(5-9)4-7(8)10;6-5-3-1-2-4-5/h2-5,10H,1H3;5-6H,1-4H2. The van der Waals surface area contributed by atoms with Crippen LogP contribution in [0.5, 0.6) is 11.5 Å². The Kier molecular flexibility index (Phi) is 5.49. The summed E-state index contributed by atoms with van der Waals surface area (Å²) >= 11 is 0. The van der Waals surface area contributed by atoms with Crippen LogP contribution in [0.25, 0.3) is 0 Å². The molecule has 17 heavy (non-hydrogen) atoms. The van der Waals surface area contributed by atoms with Crippen molar-refractivity contribution in [1.82, 2.24) is 0 Å². The molecule has 4 heteroatoms. The number of benzene rings is 1. The minimum absolute atomic E-state index is 0.0166. The van der Waals surface area contributed by atoms with Crippen LogP contribution in [-0.4, -0.2) is 29.7 Å². The number of hydrogen-bond acceptors (Lipinski definition) is 4. The van der Waals surface area contributed by atoms with E-state index in [1.165, 1.54) is 26.0 Å². The minimum atomic E-state index is -0.0166. The van der Waals surface area contributed by atoms with Gasteiger partial charge in [-0.3, -0.25) is 4.79 Å². The number of hydrogen-bond donors (Lipinski definition) is 2. The summed E-state index contributed by atoms with van der Waals surface area (Å²) < 4.78 is 4.78. The number of aliphatic hydroxyl groups is 1. The summed E-state index contributed by atoms with van der Waals surface area (Å²) in [5.41, 5.74) is 0.434. The number of aromatic hydroxyl groups is 1. The number of rotatable bonds is 2. The van der Waals surface area contributed by atoms with Crippen LogP contribution in [0.4, 0.5) is 0 Å². The van der Waals surface area contributed by atoms with E-state index in [1.54, 1.807) is 12.1 Å². The second-order valence-electron chi connectivity index (χ2n) is 3.99. The van der Waals surface area contributed by atoms with Gasteiger partial charge in [0.2, 0.25) is 0 Å². The van der Waals surface area contributed by atoms with Gasteiger partial charge < -0.3 is 14.9 Å². The second-order valence-corrected chi connectivity index (χ2v) is 3.99. The lowest BCUT2D eigenvalue weighted by atomic mass is 10.2. The average Bonchev–Trinajstić information content (AvgIpc) is 2.81. The third-order valence-corrected chi connectivity index (χ3v) is 2.66. The van der Waals surface area contributed by atoms with Gasteiger partial charge in [-0.2, -0.15) is 0 Å². The molecular weight excluding hydrogens is 220 g/mol. The molecule has 0 bridgehead atoms. The zero-order valence-corrected chi connectivity index (χ0v) is 9.93. The normalized spacial score (nSPS) is 14.9. The molecule has 2 N–H and O–H groups in total. The first-order chi connectivity index (χ1) is 8.17. The highest BCUT2D eigenvalue weighted by atomic mass is 16.5. The lowest BCUT2D eigenvalue weighted by molar-refractivity contribution is 0.112. The Bertz CT molecular complexity index is 356. The van der Waals surface area contributed by atoms with E-state index in [1.807, 2.05) is 0 Å². The highest BCUT2D eigenvalue weighted by molar-refractivity contribution is 5.76.